The highest BCUT2D eigenvalue weighted by molar-refractivity contribution is 7.93. The normalized spacial score (nSPS) is 14.8. The molecule has 0 saturated carbocycles. The molecular weight excluding hydrogens is 300 g/mol. The summed E-state index contributed by atoms with van der Waals surface area (Å²) in [6, 6.07) is 2.50. The van der Waals surface area contributed by atoms with Gasteiger partial charge in [-0.3, -0.25) is 4.79 Å². The van der Waals surface area contributed by atoms with Gasteiger partial charge in [-0.05, 0) is 17.9 Å². The lowest BCUT2D eigenvalue weighted by molar-refractivity contribution is -0.122. The van der Waals surface area contributed by atoms with Crippen molar-refractivity contribution in [2.24, 2.45) is 5.73 Å². The van der Waals surface area contributed by atoms with Gasteiger partial charge in [-0.2, -0.15) is 0 Å². The number of carbonyl (C=O) groups is 1. The van der Waals surface area contributed by atoms with Gasteiger partial charge >= 0.3 is 0 Å². The van der Waals surface area contributed by atoms with Crippen molar-refractivity contribution >= 4 is 27.1 Å². The van der Waals surface area contributed by atoms with Crippen LogP contribution >= 0.6 is 11.3 Å². The van der Waals surface area contributed by atoms with E-state index in [0.717, 1.165) is 17.8 Å². The third-order valence-electron chi connectivity index (χ3n) is 2.66. The fraction of sp³-hybridized carbons (Fsp3) is 0.583. The van der Waals surface area contributed by atoms with Gasteiger partial charge in [0.25, 0.3) is 0 Å². The van der Waals surface area contributed by atoms with Crippen molar-refractivity contribution in [3.63, 3.8) is 0 Å². The van der Waals surface area contributed by atoms with Crippen LogP contribution in [0, 0.1) is 0 Å². The van der Waals surface area contributed by atoms with Crippen LogP contribution in [0.1, 0.15) is 19.8 Å². The van der Waals surface area contributed by atoms with Crippen LogP contribution in [-0.2, 0) is 14.6 Å². The first-order chi connectivity index (χ1) is 9.36. The van der Waals surface area contributed by atoms with E-state index in [1.54, 1.807) is 11.4 Å². The summed E-state index contributed by atoms with van der Waals surface area (Å²) in [6.45, 7) is 1.79. The first-order valence-corrected chi connectivity index (χ1v) is 8.87. The molecule has 2 atom stereocenters. The molecule has 0 fully saturated rings. The Bertz CT molecular complexity index is 514. The maximum atomic E-state index is 11.9. The number of nitrogens with one attached hydrogen (secondary N) is 1. The van der Waals surface area contributed by atoms with Crippen LogP contribution in [0.3, 0.4) is 0 Å². The quantitative estimate of drug-likeness (QED) is 0.630. The number of nitrogens with two attached hydrogens (primary N) is 1. The highest BCUT2D eigenvalue weighted by atomic mass is 32.2. The number of sulfone groups is 1. The maximum absolute atomic E-state index is 11.9. The standard InChI is InChI=1S/C12H20N2O4S2/c1-2-4-10(13)12(16)14-7-9(15)8-20(17,18)11-5-3-6-19-11/h3,5-6,9-10,15H,2,4,7-8,13H2,1H3,(H,14,16). The van der Waals surface area contributed by atoms with Crippen molar-refractivity contribution in [3.05, 3.63) is 17.5 Å². The molecule has 0 aliphatic heterocycles. The number of hydrogen-bond acceptors (Lipinski definition) is 6. The van der Waals surface area contributed by atoms with E-state index in [0.29, 0.717) is 6.42 Å². The second-order valence-corrected chi connectivity index (χ2v) is 7.72. The topological polar surface area (TPSA) is 109 Å². The molecule has 1 heterocycles. The Kier molecular flexibility index (Phi) is 6.60. The molecule has 0 spiro atoms. The summed E-state index contributed by atoms with van der Waals surface area (Å²) >= 11 is 1.10. The molecule has 0 aromatic carbocycles. The van der Waals surface area contributed by atoms with Gasteiger partial charge in [0.15, 0.2) is 9.84 Å². The Morgan fingerprint density at radius 3 is 2.80 bits per heavy atom. The van der Waals surface area contributed by atoms with E-state index in [1.165, 1.54) is 6.07 Å². The highest BCUT2D eigenvalue weighted by Gasteiger charge is 2.21. The lowest BCUT2D eigenvalue weighted by atomic mass is 10.1. The van der Waals surface area contributed by atoms with E-state index in [-0.39, 0.29) is 16.7 Å². The lowest BCUT2D eigenvalue weighted by Gasteiger charge is -2.14. The van der Waals surface area contributed by atoms with Gasteiger partial charge in [-0.15, -0.1) is 11.3 Å². The molecule has 1 aromatic heterocycles. The Labute approximate surface area is 122 Å². The van der Waals surface area contributed by atoms with E-state index in [1.807, 2.05) is 6.92 Å². The number of carbonyl (C=O) groups excluding carboxylic acids is 1. The maximum Gasteiger partial charge on any atom is 0.237 e. The molecule has 2 unspecified atom stereocenters. The van der Waals surface area contributed by atoms with Crippen molar-refractivity contribution in [3.8, 4) is 0 Å². The van der Waals surface area contributed by atoms with Gasteiger partial charge in [0.05, 0.1) is 17.9 Å². The third-order valence-corrected chi connectivity index (χ3v) is 5.95. The monoisotopic (exact) mass is 320 g/mol. The largest absolute Gasteiger partial charge is 0.390 e. The van der Waals surface area contributed by atoms with Gasteiger partial charge in [0, 0.05) is 6.54 Å². The molecular formula is C12H20N2O4S2. The van der Waals surface area contributed by atoms with Gasteiger partial charge in [0.1, 0.15) is 4.21 Å². The smallest absolute Gasteiger partial charge is 0.237 e. The summed E-state index contributed by atoms with van der Waals surface area (Å²) in [5.74, 6) is -0.795. The minimum Gasteiger partial charge on any atom is -0.390 e. The average molecular weight is 320 g/mol. The summed E-state index contributed by atoms with van der Waals surface area (Å²) in [6.07, 6.45) is 0.180. The number of hydrogen-bond donors (Lipinski definition) is 3. The van der Waals surface area contributed by atoms with E-state index in [2.05, 4.69) is 5.32 Å². The number of amides is 1. The molecule has 1 rings (SSSR count). The SMILES string of the molecule is CCCC(N)C(=O)NCC(O)CS(=O)(=O)c1cccs1. The number of thiophene rings is 1. The number of rotatable bonds is 8. The van der Waals surface area contributed by atoms with Gasteiger partial charge < -0.3 is 16.2 Å². The van der Waals surface area contributed by atoms with E-state index >= 15 is 0 Å². The van der Waals surface area contributed by atoms with Crippen LogP contribution in [-0.4, -0.2) is 43.9 Å². The minimum atomic E-state index is -3.51. The van der Waals surface area contributed by atoms with Crippen molar-refractivity contribution in [2.75, 3.05) is 12.3 Å². The molecule has 4 N–H and O–H groups in total. The molecule has 0 radical (unpaired) electrons. The zero-order valence-electron chi connectivity index (χ0n) is 11.3. The Morgan fingerprint density at radius 1 is 1.55 bits per heavy atom. The van der Waals surface area contributed by atoms with E-state index in [4.69, 9.17) is 5.73 Å². The molecule has 114 valence electrons. The van der Waals surface area contributed by atoms with Gasteiger partial charge in [-0.1, -0.05) is 19.4 Å². The molecule has 20 heavy (non-hydrogen) atoms. The summed E-state index contributed by atoms with van der Waals surface area (Å²) in [4.78, 5) is 11.5. The highest BCUT2D eigenvalue weighted by Crippen LogP contribution is 2.17. The zero-order chi connectivity index (χ0) is 15.2. The van der Waals surface area contributed by atoms with Crippen LogP contribution in [0.4, 0.5) is 0 Å². The Morgan fingerprint density at radius 2 is 2.25 bits per heavy atom. The summed E-state index contributed by atoms with van der Waals surface area (Å²) in [5, 5.41) is 13.8. The fourth-order valence-corrected chi connectivity index (χ4v) is 4.11. The predicted molar refractivity (Wildman–Crippen MR) is 78.3 cm³/mol. The van der Waals surface area contributed by atoms with Crippen LogP contribution in [0.2, 0.25) is 0 Å². The molecule has 6 nitrogen and oxygen atoms in total. The van der Waals surface area contributed by atoms with Gasteiger partial charge in [0.2, 0.25) is 5.91 Å². The van der Waals surface area contributed by atoms with Crippen LogP contribution < -0.4 is 11.1 Å². The van der Waals surface area contributed by atoms with Crippen molar-refractivity contribution in [2.45, 2.75) is 36.1 Å². The average Bonchev–Trinajstić information content (AvgIpc) is 2.90. The number of aliphatic hydroxyl groups excluding tert-OH is 1. The number of aliphatic hydroxyl groups is 1. The van der Waals surface area contributed by atoms with E-state index < -0.39 is 27.7 Å². The lowest BCUT2D eigenvalue weighted by Crippen LogP contribution is -2.44. The summed E-state index contributed by atoms with van der Waals surface area (Å²) in [5.41, 5.74) is 5.61. The van der Waals surface area contributed by atoms with E-state index in [9.17, 15) is 18.3 Å². The van der Waals surface area contributed by atoms with Crippen LogP contribution in [0.15, 0.2) is 21.7 Å². The molecule has 1 aromatic rings. The zero-order valence-corrected chi connectivity index (χ0v) is 12.9. The fourth-order valence-electron chi connectivity index (χ4n) is 1.63. The van der Waals surface area contributed by atoms with Gasteiger partial charge in [-0.25, -0.2) is 8.42 Å². The first-order valence-electron chi connectivity index (χ1n) is 6.34. The summed E-state index contributed by atoms with van der Waals surface area (Å²) in [7, 11) is -3.51. The second kappa shape index (κ2) is 7.72. The second-order valence-electron chi connectivity index (χ2n) is 4.51. The predicted octanol–water partition coefficient (Wildman–Crippen LogP) is 0.126. The molecule has 0 saturated heterocycles. The Hall–Kier alpha value is -0.960. The Balaban J connectivity index is 2.45. The molecule has 1 amide bonds. The van der Waals surface area contributed by atoms with Crippen LogP contribution in [0.5, 0.6) is 0 Å². The minimum absolute atomic E-state index is 0.124. The molecule has 0 aliphatic rings. The summed E-state index contributed by atoms with van der Waals surface area (Å²) < 4.78 is 24.0. The van der Waals surface area contributed by atoms with Crippen molar-refractivity contribution in [1.82, 2.24) is 5.32 Å². The molecule has 0 bridgehead atoms. The molecule has 8 heteroatoms. The van der Waals surface area contributed by atoms with Crippen LogP contribution in [0.25, 0.3) is 0 Å². The van der Waals surface area contributed by atoms with Crippen molar-refractivity contribution < 1.29 is 18.3 Å². The third kappa shape index (κ3) is 5.20. The van der Waals surface area contributed by atoms with Crippen molar-refractivity contribution in [1.29, 1.82) is 0 Å². The molecule has 0 aliphatic carbocycles. The first kappa shape index (κ1) is 17.1.